The zero-order valence-corrected chi connectivity index (χ0v) is 13.6. The molecular weight excluding hydrogens is 288 g/mol. The number of nitrogens with zero attached hydrogens (tertiary/aromatic N) is 3. The number of anilines is 2. The number of carbonyl (C=O) groups is 1. The highest BCUT2D eigenvalue weighted by Crippen LogP contribution is 2.32. The Labute approximate surface area is 136 Å². The van der Waals surface area contributed by atoms with Crippen molar-refractivity contribution in [3.63, 3.8) is 0 Å². The summed E-state index contributed by atoms with van der Waals surface area (Å²) in [6.07, 6.45) is 3.63. The summed E-state index contributed by atoms with van der Waals surface area (Å²) in [6.45, 7) is 5.51. The molecule has 5 nitrogen and oxygen atoms in total. The normalized spacial score (nSPS) is 21.0. The topological polar surface area (TPSA) is 58.1 Å². The Kier molecular flexibility index (Phi) is 4.28. The third-order valence-electron chi connectivity index (χ3n) is 4.36. The molecule has 3 rings (SSSR count). The van der Waals surface area contributed by atoms with Crippen LogP contribution in [0.25, 0.3) is 0 Å². The van der Waals surface area contributed by atoms with Crippen molar-refractivity contribution in [3.8, 4) is 0 Å². The zero-order valence-electron chi connectivity index (χ0n) is 13.6. The van der Waals surface area contributed by atoms with Gasteiger partial charge in [-0.25, -0.2) is 9.97 Å². The number of nitrogens with one attached hydrogen (secondary N) is 1. The number of rotatable bonds is 3. The molecule has 23 heavy (non-hydrogen) atoms. The molecule has 1 aromatic carbocycles. The standard InChI is InChI=1S/C18H22N4O/c1-14-19-11-9-16(20-14)22-12-6-10-18(2,13-22)17(23)21-15-7-4-3-5-8-15/h3-5,7-9,11H,6,10,12-13H2,1-2H3,(H,21,23)/t18-/m1/s1. The summed E-state index contributed by atoms with van der Waals surface area (Å²) < 4.78 is 0. The molecule has 5 heteroatoms. The minimum Gasteiger partial charge on any atom is -0.355 e. The third-order valence-corrected chi connectivity index (χ3v) is 4.36. The van der Waals surface area contributed by atoms with Gasteiger partial charge in [-0.2, -0.15) is 0 Å². The van der Waals surface area contributed by atoms with Gasteiger partial charge in [-0.3, -0.25) is 4.79 Å². The van der Waals surface area contributed by atoms with E-state index in [4.69, 9.17) is 0 Å². The fraction of sp³-hybridized carbons (Fsp3) is 0.389. The van der Waals surface area contributed by atoms with Crippen LogP contribution in [-0.2, 0) is 4.79 Å². The number of aryl methyl sites for hydroxylation is 1. The molecule has 1 atom stereocenters. The molecule has 0 saturated carbocycles. The Balaban J connectivity index is 1.74. The first-order valence-corrected chi connectivity index (χ1v) is 7.98. The molecule has 120 valence electrons. The molecule has 0 unspecified atom stereocenters. The Bertz CT molecular complexity index is 688. The summed E-state index contributed by atoms with van der Waals surface area (Å²) in [5.74, 6) is 1.72. The highest BCUT2D eigenvalue weighted by Gasteiger charge is 2.38. The lowest BCUT2D eigenvalue weighted by Crippen LogP contribution is -2.48. The molecule has 1 fully saturated rings. The molecule has 0 radical (unpaired) electrons. The summed E-state index contributed by atoms with van der Waals surface area (Å²) in [5.41, 5.74) is 0.418. The second kappa shape index (κ2) is 6.36. The summed E-state index contributed by atoms with van der Waals surface area (Å²) in [5, 5.41) is 3.04. The summed E-state index contributed by atoms with van der Waals surface area (Å²) in [6, 6.07) is 11.5. The second-order valence-corrected chi connectivity index (χ2v) is 6.37. The van der Waals surface area contributed by atoms with Crippen LogP contribution < -0.4 is 10.2 Å². The molecule has 1 aromatic heterocycles. The zero-order chi connectivity index (χ0) is 16.3. The first-order chi connectivity index (χ1) is 11.1. The van der Waals surface area contributed by atoms with Crippen LogP contribution in [0.1, 0.15) is 25.6 Å². The van der Waals surface area contributed by atoms with E-state index in [0.717, 1.165) is 36.7 Å². The number of para-hydroxylation sites is 1. The van der Waals surface area contributed by atoms with Crippen LogP contribution in [0.15, 0.2) is 42.6 Å². The maximum absolute atomic E-state index is 12.8. The minimum atomic E-state index is -0.424. The van der Waals surface area contributed by atoms with E-state index in [1.165, 1.54) is 0 Å². The minimum absolute atomic E-state index is 0.0687. The fourth-order valence-electron chi connectivity index (χ4n) is 3.04. The second-order valence-electron chi connectivity index (χ2n) is 6.37. The van der Waals surface area contributed by atoms with Gasteiger partial charge in [0.05, 0.1) is 5.41 Å². The lowest BCUT2D eigenvalue weighted by molar-refractivity contribution is -0.125. The van der Waals surface area contributed by atoms with E-state index in [-0.39, 0.29) is 5.91 Å². The van der Waals surface area contributed by atoms with Crippen molar-refractivity contribution < 1.29 is 4.79 Å². The van der Waals surface area contributed by atoms with Gasteiger partial charge in [-0.15, -0.1) is 0 Å². The highest BCUT2D eigenvalue weighted by molar-refractivity contribution is 5.95. The lowest BCUT2D eigenvalue weighted by atomic mass is 9.81. The number of amides is 1. The number of carbonyl (C=O) groups excluding carboxylic acids is 1. The van der Waals surface area contributed by atoms with Crippen LogP contribution in [0.5, 0.6) is 0 Å². The first-order valence-electron chi connectivity index (χ1n) is 7.98. The maximum atomic E-state index is 12.8. The molecule has 2 heterocycles. The van der Waals surface area contributed by atoms with Crippen molar-refractivity contribution in [3.05, 3.63) is 48.4 Å². The Morgan fingerprint density at radius 3 is 2.78 bits per heavy atom. The summed E-state index contributed by atoms with van der Waals surface area (Å²) in [7, 11) is 0. The fourth-order valence-corrected chi connectivity index (χ4v) is 3.04. The van der Waals surface area contributed by atoms with Crippen LogP contribution in [0.2, 0.25) is 0 Å². The van der Waals surface area contributed by atoms with Crippen LogP contribution in [0.3, 0.4) is 0 Å². The largest absolute Gasteiger partial charge is 0.355 e. The molecule has 1 saturated heterocycles. The van der Waals surface area contributed by atoms with Crippen molar-refractivity contribution in [1.82, 2.24) is 9.97 Å². The van der Waals surface area contributed by atoms with E-state index >= 15 is 0 Å². The Hall–Kier alpha value is -2.43. The molecule has 1 aliphatic heterocycles. The predicted molar refractivity (Wildman–Crippen MR) is 91.4 cm³/mol. The quantitative estimate of drug-likeness (QED) is 0.946. The van der Waals surface area contributed by atoms with Crippen LogP contribution >= 0.6 is 0 Å². The van der Waals surface area contributed by atoms with Gasteiger partial charge in [0, 0.05) is 25.0 Å². The van der Waals surface area contributed by atoms with Crippen LogP contribution in [-0.4, -0.2) is 29.0 Å². The molecule has 0 aliphatic carbocycles. The van der Waals surface area contributed by atoms with Crippen molar-refractivity contribution in [2.24, 2.45) is 5.41 Å². The number of hydrogen-bond acceptors (Lipinski definition) is 4. The van der Waals surface area contributed by atoms with E-state index in [1.54, 1.807) is 6.20 Å². The van der Waals surface area contributed by atoms with Crippen molar-refractivity contribution in [1.29, 1.82) is 0 Å². The van der Waals surface area contributed by atoms with E-state index in [1.807, 2.05) is 50.2 Å². The molecule has 1 amide bonds. The van der Waals surface area contributed by atoms with E-state index in [0.29, 0.717) is 6.54 Å². The van der Waals surface area contributed by atoms with E-state index in [2.05, 4.69) is 20.2 Å². The molecular formula is C18H22N4O. The molecule has 0 spiro atoms. The predicted octanol–water partition coefficient (Wildman–Crippen LogP) is 3.03. The smallest absolute Gasteiger partial charge is 0.232 e. The van der Waals surface area contributed by atoms with Crippen molar-refractivity contribution in [2.45, 2.75) is 26.7 Å². The molecule has 0 bridgehead atoms. The molecule has 1 aliphatic rings. The van der Waals surface area contributed by atoms with E-state index < -0.39 is 5.41 Å². The van der Waals surface area contributed by atoms with E-state index in [9.17, 15) is 4.79 Å². The first kappa shape index (κ1) is 15.5. The van der Waals surface area contributed by atoms with Gasteiger partial charge >= 0.3 is 0 Å². The highest BCUT2D eigenvalue weighted by atomic mass is 16.2. The monoisotopic (exact) mass is 310 g/mol. The lowest BCUT2D eigenvalue weighted by Gasteiger charge is -2.39. The Morgan fingerprint density at radius 2 is 2.04 bits per heavy atom. The van der Waals surface area contributed by atoms with Crippen LogP contribution in [0, 0.1) is 12.3 Å². The summed E-state index contributed by atoms with van der Waals surface area (Å²) in [4.78, 5) is 23.6. The maximum Gasteiger partial charge on any atom is 0.232 e. The summed E-state index contributed by atoms with van der Waals surface area (Å²) >= 11 is 0. The average molecular weight is 310 g/mol. The molecule has 2 aromatic rings. The SMILES string of the molecule is Cc1nccc(N2CCC[C@@](C)(C(=O)Nc3ccccc3)C2)n1. The van der Waals surface area contributed by atoms with Gasteiger partial charge in [0.1, 0.15) is 11.6 Å². The van der Waals surface area contributed by atoms with Gasteiger partial charge in [0.15, 0.2) is 0 Å². The van der Waals surface area contributed by atoms with Gasteiger partial charge in [-0.1, -0.05) is 18.2 Å². The number of benzene rings is 1. The average Bonchev–Trinajstić information content (AvgIpc) is 2.56. The molecule has 1 N–H and O–H groups in total. The van der Waals surface area contributed by atoms with Gasteiger partial charge in [0.2, 0.25) is 5.91 Å². The number of hydrogen-bond donors (Lipinski definition) is 1. The number of aromatic nitrogens is 2. The van der Waals surface area contributed by atoms with Crippen molar-refractivity contribution in [2.75, 3.05) is 23.3 Å². The van der Waals surface area contributed by atoms with Gasteiger partial charge < -0.3 is 10.2 Å². The van der Waals surface area contributed by atoms with Gasteiger partial charge in [0.25, 0.3) is 0 Å². The van der Waals surface area contributed by atoms with Crippen molar-refractivity contribution >= 4 is 17.4 Å². The van der Waals surface area contributed by atoms with Crippen LogP contribution in [0.4, 0.5) is 11.5 Å². The van der Waals surface area contributed by atoms with Gasteiger partial charge in [-0.05, 0) is 44.9 Å². The number of piperidine rings is 1. The third kappa shape index (κ3) is 3.50. The Morgan fingerprint density at radius 1 is 1.26 bits per heavy atom.